The van der Waals surface area contributed by atoms with E-state index in [4.69, 9.17) is 4.74 Å². The van der Waals surface area contributed by atoms with E-state index in [0.29, 0.717) is 0 Å². The summed E-state index contributed by atoms with van der Waals surface area (Å²) in [5, 5.41) is 2.20. The van der Waals surface area contributed by atoms with Gasteiger partial charge in [0, 0.05) is 56.4 Å². The molecule has 1 aromatic heterocycles. The van der Waals surface area contributed by atoms with Gasteiger partial charge in [0.25, 0.3) is 0 Å². The van der Waals surface area contributed by atoms with E-state index in [1.165, 1.54) is 56.7 Å². The number of fused-ring (bicyclic) bond motifs is 1. The Labute approximate surface area is 131 Å². The van der Waals surface area contributed by atoms with Gasteiger partial charge in [0.15, 0.2) is 0 Å². The molecule has 0 unspecified atom stereocenters. The summed E-state index contributed by atoms with van der Waals surface area (Å²) in [6.07, 6.45) is 5.29. The van der Waals surface area contributed by atoms with Crippen molar-refractivity contribution in [1.29, 1.82) is 0 Å². The van der Waals surface area contributed by atoms with Gasteiger partial charge in [0.1, 0.15) is 0 Å². The number of thiophene rings is 1. The Morgan fingerprint density at radius 1 is 1.05 bits per heavy atom. The molecule has 0 aliphatic carbocycles. The van der Waals surface area contributed by atoms with Gasteiger partial charge < -0.3 is 4.74 Å². The standard InChI is InChI=1S/C17H26N2OS/c1-2-15(21-11-1)13-19-8-4-16-17(19)3-7-18(16)12-14-5-9-20-10-6-14/h1-2,11,14,16-17H,3-10,12-13H2/t16-,17-/m0/s1. The largest absolute Gasteiger partial charge is 0.381 e. The van der Waals surface area contributed by atoms with Crippen molar-refractivity contribution in [3.05, 3.63) is 22.4 Å². The van der Waals surface area contributed by atoms with Crippen molar-refractivity contribution < 1.29 is 4.74 Å². The summed E-state index contributed by atoms with van der Waals surface area (Å²) < 4.78 is 5.50. The van der Waals surface area contributed by atoms with Gasteiger partial charge in [-0.05, 0) is 43.0 Å². The predicted molar refractivity (Wildman–Crippen MR) is 86.7 cm³/mol. The van der Waals surface area contributed by atoms with Crippen LogP contribution in [-0.4, -0.2) is 54.7 Å². The van der Waals surface area contributed by atoms with Crippen LogP contribution < -0.4 is 0 Å². The molecule has 3 nitrogen and oxygen atoms in total. The summed E-state index contributed by atoms with van der Waals surface area (Å²) in [5.74, 6) is 0.879. The molecule has 3 saturated heterocycles. The fourth-order valence-corrected chi connectivity index (χ4v) is 5.18. The SMILES string of the molecule is c1csc(CN2CC[C@H]3[C@@H]2CCN3CC2CCOCC2)c1. The summed E-state index contributed by atoms with van der Waals surface area (Å²) in [5.41, 5.74) is 0. The zero-order valence-corrected chi connectivity index (χ0v) is 13.6. The third-order valence-electron chi connectivity index (χ3n) is 5.58. The van der Waals surface area contributed by atoms with Crippen LogP contribution in [0.1, 0.15) is 30.6 Å². The molecular formula is C17H26N2OS. The third kappa shape index (κ3) is 3.04. The minimum absolute atomic E-state index is 0.812. The van der Waals surface area contributed by atoms with Crippen molar-refractivity contribution >= 4 is 11.3 Å². The summed E-state index contributed by atoms with van der Waals surface area (Å²) in [6.45, 7) is 7.06. The van der Waals surface area contributed by atoms with Crippen LogP contribution in [0.25, 0.3) is 0 Å². The van der Waals surface area contributed by atoms with E-state index in [-0.39, 0.29) is 0 Å². The summed E-state index contributed by atoms with van der Waals surface area (Å²) >= 11 is 1.90. The van der Waals surface area contributed by atoms with E-state index >= 15 is 0 Å². The van der Waals surface area contributed by atoms with E-state index in [2.05, 4.69) is 27.3 Å². The molecule has 21 heavy (non-hydrogen) atoms. The Bertz CT molecular complexity index is 444. The fraction of sp³-hybridized carbons (Fsp3) is 0.765. The van der Waals surface area contributed by atoms with Gasteiger partial charge in [-0.2, -0.15) is 0 Å². The maximum Gasteiger partial charge on any atom is 0.0469 e. The molecule has 4 rings (SSSR count). The number of rotatable bonds is 4. The molecule has 0 amide bonds. The molecule has 0 N–H and O–H groups in total. The van der Waals surface area contributed by atoms with Crippen LogP contribution >= 0.6 is 11.3 Å². The van der Waals surface area contributed by atoms with E-state index in [9.17, 15) is 0 Å². The highest BCUT2D eigenvalue weighted by molar-refractivity contribution is 7.09. The molecule has 0 spiro atoms. The van der Waals surface area contributed by atoms with Crippen molar-refractivity contribution in [2.45, 2.75) is 44.3 Å². The molecule has 0 bridgehead atoms. The van der Waals surface area contributed by atoms with E-state index in [1.54, 1.807) is 0 Å². The highest BCUT2D eigenvalue weighted by Crippen LogP contribution is 2.34. The molecule has 0 aromatic carbocycles. The zero-order valence-electron chi connectivity index (χ0n) is 12.7. The lowest BCUT2D eigenvalue weighted by molar-refractivity contribution is 0.0504. The number of likely N-dealkylation sites (tertiary alicyclic amines) is 2. The molecule has 4 heterocycles. The van der Waals surface area contributed by atoms with Crippen molar-refractivity contribution in [2.75, 3.05) is 32.8 Å². The smallest absolute Gasteiger partial charge is 0.0469 e. The van der Waals surface area contributed by atoms with Crippen LogP contribution in [0.5, 0.6) is 0 Å². The van der Waals surface area contributed by atoms with Gasteiger partial charge in [0.05, 0.1) is 0 Å². The monoisotopic (exact) mass is 306 g/mol. The van der Waals surface area contributed by atoms with Crippen LogP contribution in [-0.2, 0) is 11.3 Å². The summed E-state index contributed by atoms with van der Waals surface area (Å²) in [7, 11) is 0. The van der Waals surface area contributed by atoms with Gasteiger partial charge in [0.2, 0.25) is 0 Å². The number of ether oxygens (including phenoxy) is 1. The number of nitrogens with zero attached hydrogens (tertiary/aromatic N) is 2. The Kier molecular flexibility index (Phi) is 4.30. The number of hydrogen-bond acceptors (Lipinski definition) is 4. The first kappa shape index (κ1) is 14.2. The molecule has 0 saturated carbocycles. The molecule has 3 aliphatic heterocycles. The van der Waals surface area contributed by atoms with Crippen LogP contribution in [0.2, 0.25) is 0 Å². The fourth-order valence-electron chi connectivity index (χ4n) is 4.45. The molecule has 2 atom stereocenters. The van der Waals surface area contributed by atoms with Crippen LogP contribution in [0.15, 0.2) is 17.5 Å². The van der Waals surface area contributed by atoms with Crippen molar-refractivity contribution in [3.63, 3.8) is 0 Å². The first-order valence-corrected chi connectivity index (χ1v) is 9.36. The highest BCUT2D eigenvalue weighted by Gasteiger charge is 2.42. The second-order valence-corrected chi connectivity index (χ2v) is 7.84. The Hall–Kier alpha value is -0.420. The lowest BCUT2D eigenvalue weighted by Crippen LogP contribution is -2.39. The van der Waals surface area contributed by atoms with Crippen LogP contribution in [0.3, 0.4) is 0 Å². The van der Waals surface area contributed by atoms with Crippen molar-refractivity contribution in [3.8, 4) is 0 Å². The van der Waals surface area contributed by atoms with Gasteiger partial charge >= 0.3 is 0 Å². The molecule has 3 fully saturated rings. The van der Waals surface area contributed by atoms with E-state index in [0.717, 1.165) is 31.2 Å². The first-order chi connectivity index (χ1) is 10.4. The van der Waals surface area contributed by atoms with Crippen molar-refractivity contribution in [1.82, 2.24) is 9.80 Å². The molecule has 3 aliphatic rings. The van der Waals surface area contributed by atoms with E-state index < -0.39 is 0 Å². The minimum atomic E-state index is 0.812. The maximum absolute atomic E-state index is 5.50. The molecule has 0 radical (unpaired) electrons. The Balaban J connectivity index is 1.34. The Morgan fingerprint density at radius 3 is 2.57 bits per heavy atom. The zero-order chi connectivity index (χ0) is 14.1. The van der Waals surface area contributed by atoms with Gasteiger partial charge in [-0.3, -0.25) is 9.80 Å². The lowest BCUT2D eigenvalue weighted by Gasteiger charge is -2.30. The number of hydrogen-bond donors (Lipinski definition) is 0. The minimum Gasteiger partial charge on any atom is -0.381 e. The molecule has 4 heteroatoms. The molecule has 116 valence electrons. The van der Waals surface area contributed by atoms with Crippen LogP contribution in [0.4, 0.5) is 0 Å². The first-order valence-electron chi connectivity index (χ1n) is 8.48. The summed E-state index contributed by atoms with van der Waals surface area (Å²) in [4.78, 5) is 7.06. The average molecular weight is 306 g/mol. The van der Waals surface area contributed by atoms with Gasteiger partial charge in [-0.15, -0.1) is 11.3 Å². The summed E-state index contributed by atoms with van der Waals surface area (Å²) in [6, 6.07) is 6.10. The molecule has 1 aromatic rings. The normalized spacial score (nSPS) is 31.8. The van der Waals surface area contributed by atoms with Gasteiger partial charge in [-0.1, -0.05) is 6.07 Å². The quantitative estimate of drug-likeness (QED) is 0.851. The van der Waals surface area contributed by atoms with Gasteiger partial charge in [-0.25, -0.2) is 0 Å². The Morgan fingerprint density at radius 2 is 1.81 bits per heavy atom. The molecular weight excluding hydrogens is 280 g/mol. The average Bonchev–Trinajstić information content (AvgIpc) is 3.21. The second-order valence-electron chi connectivity index (χ2n) is 6.81. The topological polar surface area (TPSA) is 15.7 Å². The predicted octanol–water partition coefficient (Wildman–Crippen LogP) is 2.82. The lowest BCUT2D eigenvalue weighted by atomic mass is 9.99. The third-order valence-corrected chi connectivity index (χ3v) is 6.44. The second kappa shape index (κ2) is 6.37. The van der Waals surface area contributed by atoms with Crippen LogP contribution in [0, 0.1) is 5.92 Å². The van der Waals surface area contributed by atoms with E-state index in [1.807, 2.05) is 11.3 Å². The highest BCUT2D eigenvalue weighted by atomic mass is 32.1. The maximum atomic E-state index is 5.50. The van der Waals surface area contributed by atoms with Crippen molar-refractivity contribution in [2.24, 2.45) is 5.92 Å².